The molecule has 3 aromatic rings. The van der Waals surface area contributed by atoms with Crippen molar-refractivity contribution in [1.82, 2.24) is 10.6 Å². The quantitative estimate of drug-likeness (QED) is 0.144. The highest BCUT2D eigenvalue weighted by atomic mass is 32.2. The first-order valence-electron chi connectivity index (χ1n) is 12.9. The third-order valence-electron chi connectivity index (χ3n) is 7.10. The second-order valence-electron chi connectivity index (χ2n) is 9.85. The molecule has 0 unspecified atom stereocenters. The number of aliphatic carboxylic acids is 2. The van der Waals surface area contributed by atoms with Crippen molar-refractivity contribution in [3.05, 3.63) is 59.7 Å². The summed E-state index contributed by atoms with van der Waals surface area (Å²) in [4.78, 5) is 47.3. The number of benzene rings is 3. The second kappa shape index (κ2) is 12.8. The summed E-state index contributed by atoms with van der Waals surface area (Å²) >= 11 is 1.05. The van der Waals surface area contributed by atoms with Gasteiger partial charge < -0.3 is 41.9 Å². The van der Waals surface area contributed by atoms with Gasteiger partial charge in [0.15, 0.2) is 0 Å². The van der Waals surface area contributed by atoms with Gasteiger partial charge in [-0.05, 0) is 39.1 Å². The summed E-state index contributed by atoms with van der Waals surface area (Å²) in [5, 5.41) is 57.8. The van der Waals surface area contributed by atoms with Crippen LogP contribution in [-0.4, -0.2) is 85.9 Å². The number of carboxylic acid groups (broad SMARTS) is 2. The number of hydrogen-bond acceptors (Lipinski definition) is 9. The number of aliphatic hydroxyl groups is 3. The molecular weight excluding hydrogens is 554 g/mol. The van der Waals surface area contributed by atoms with E-state index in [-0.39, 0.29) is 18.6 Å². The van der Waals surface area contributed by atoms with Crippen LogP contribution in [-0.2, 0) is 19.2 Å². The van der Waals surface area contributed by atoms with Gasteiger partial charge in [-0.15, -0.1) is 11.8 Å². The van der Waals surface area contributed by atoms with Crippen LogP contribution in [0.15, 0.2) is 48.5 Å². The number of carbonyl (C=O) groups excluding carboxylic acids is 2. The number of carboxylic acids is 2. The standard InChI is InChI=1S/C28H31N3O9S/c29-18(28(39)40)9-10-20(32)31-19(27(38)30-11-21(33)34)12-41-26-22-16-6-5-13-3-1-2-4-14(13)15(16)7-8-17(22)23(35)24(36)25(26)37/h1-8,18-19,23-26,35-37H,9-12,29H2,(H,30,38)(H,31,32)(H,33,34)(H,39,40)/t18-,19-,23-,24+,25+,26+/m0/s1. The van der Waals surface area contributed by atoms with Crippen LogP contribution in [0, 0.1) is 0 Å². The molecule has 0 bridgehead atoms. The molecule has 1 aliphatic carbocycles. The molecule has 6 atom stereocenters. The van der Waals surface area contributed by atoms with Crippen LogP contribution in [0.2, 0.25) is 0 Å². The summed E-state index contributed by atoms with van der Waals surface area (Å²) in [6, 6.07) is 12.5. The van der Waals surface area contributed by atoms with E-state index in [1.165, 1.54) is 0 Å². The van der Waals surface area contributed by atoms with Gasteiger partial charge in [0.05, 0.1) is 11.4 Å². The fraction of sp³-hybridized carbons (Fsp3) is 0.357. The van der Waals surface area contributed by atoms with Crippen LogP contribution in [0.1, 0.15) is 35.3 Å². The van der Waals surface area contributed by atoms with Gasteiger partial charge >= 0.3 is 11.9 Å². The third kappa shape index (κ3) is 6.60. The molecule has 218 valence electrons. The van der Waals surface area contributed by atoms with E-state index >= 15 is 0 Å². The predicted octanol–water partition coefficient (Wildman–Crippen LogP) is 0.414. The summed E-state index contributed by atoms with van der Waals surface area (Å²) in [5.74, 6) is -4.19. The fourth-order valence-electron chi connectivity index (χ4n) is 4.95. The fourth-order valence-corrected chi connectivity index (χ4v) is 6.37. The van der Waals surface area contributed by atoms with Crippen LogP contribution >= 0.6 is 11.8 Å². The van der Waals surface area contributed by atoms with Crippen molar-refractivity contribution in [2.45, 2.75) is 48.5 Å². The number of hydrogen-bond donors (Lipinski definition) is 8. The predicted molar refractivity (Wildman–Crippen MR) is 151 cm³/mol. The van der Waals surface area contributed by atoms with Gasteiger partial charge in [-0.25, -0.2) is 0 Å². The minimum Gasteiger partial charge on any atom is -0.480 e. The topological polar surface area (TPSA) is 220 Å². The van der Waals surface area contributed by atoms with E-state index in [0.717, 1.165) is 33.3 Å². The smallest absolute Gasteiger partial charge is 0.322 e. The van der Waals surface area contributed by atoms with Gasteiger partial charge in [0, 0.05) is 12.2 Å². The summed E-state index contributed by atoms with van der Waals surface area (Å²) in [5.41, 5.74) is 6.45. The molecule has 0 radical (unpaired) electrons. The summed E-state index contributed by atoms with van der Waals surface area (Å²) in [6.07, 6.45) is -4.80. The van der Waals surface area contributed by atoms with Crippen molar-refractivity contribution in [2.24, 2.45) is 5.73 Å². The van der Waals surface area contributed by atoms with Crippen molar-refractivity contribution in [3.8, 4) is 0 Å². The molecular formula is C28H31N3O9S. The first-order chi connectivity index (χ1) is 19.5. The number of nitrogens with one attached hydrogen (secondary N) is 2. The molecule has 4 rings (SSSR count). The minimum atomic E-state index is -1.52. The number of thioether (sulfide) groups is 1. The summed E-state index contributed by atoms with van der Waals surface area (Å²) < 4.78 is 0. The zero-order valence-corrected chi connectivity index (χ0v) is 22.6. The highest BCUT2D eigenvalue weighted by molar-refractivity contribution is 7.99. The van der Waals surface area contributed by atoms with Crippen LogP contribution in [0.25, 0.3) is 21.5 Å². The monoisotopic (exact) mass is 585 g/mol. The molecule has 9 N–H and O–H groups in total. The molecule has 0 heterocycles. The first kappa shape index (κ1) is 30.2. The Labute approximate surface area is 238 Å². The SMILES string of the molecule is N[C@@H](CCC(=O)N[C@@H](CS[C@@H]1c2c(ccc3c2ccc2ccccc23)[C@H](O)[C@@H](O)[C@H]1O)C(=O)NCC(=O)O)C(=O)O. The van der Waals surface area contributed by atoms with E-state index in [9.17, 15) is 34.5 Å². The number of nitrogens with two attached hydrogens (primary N) is 1. The Morgan fingerprint density at radius 2 is 1.61 bits per heavy atom. The molecule has 0 spiro atoms. The zero-order chi connectivity index (χ0) is 29.8. The van der Waals surface area contributed by atoms with Crippen molar-refractivity contribution < 1.29 is 44.7 Å². The maximum absolute atomic E-state index is 12.8. The minimum absolute atomic E-state index is 0.143. The van der Waals surface area contributed by atoms with E-state index in [1.807, 2.05) is 42.5 Å². The highest BCUT2D eigenvalue weighted by Crippen LogP contribution is 2.48. The molecule has 0 saturated heterocycles. The van der Waals surface area contributed by atoms with Crippen LogP contribution in [0.5, 0.6) is 0 Å². The van der Waals surface area contributed by atoms with Gasteiger partial charge in [0.2, 0.25) is 11.8 Å². The van der Waals surface area contributed by atoms with Crippen molar-refractivity contribution in [2.75, 3.05) is 12.3 Å². The van der Waals surface area contributed by atoms with E-state index < -0.39 is 65.9 Å². The molecule has 0 saturated carbocycles. The van der Waals surface area contributed by atoms with Gasteiger partial charge in [0.25, 0.3) is 0 Å². The maximum atomic E-state index is 12.8. The Balaban J connectivity index is 1.64. The first-order valence-corrected chi connectivity index (χ1v) is 13.9. The summed E-state index contributed by atoms with van der Waals surface area (Å²) in [6.45, 7) is -0.697. The lowest BCUT2D eigenvalue weighted by atomic mass is 9.81. The molecule has 0 fully saturated rings. The Morgan fingerprint density at radius 1 is 0.902 bits per heavy atom. The molecule has 0 aromatic heterocycles. The Morgan fingerprint density at radius 3 is 2.32 bits per heavy atom. The van der Waals surface area contributed by atoms with E-state index in [0.29, 0.717) is 11.1 Å². The number of fused-ring (bicyclic) bond motifs is 5. The van der Waals surface area contributed by atoms with Gasteiger partial charge in [-0.1, -0.05) is 48.5 Å². The lowest BCUT2D eigenvalue weighted by Gasteiger charge is -2.38. The second-order valence-corrected chi connectivity index (χ2v) is 11.0. The van der Waals surface area contributed by atoms with Crippen LogP contribution < -0.4 is 16.4 Å². The molecule has 12 nitrogen and oxygen atoms in total. The van der Waals surface area contributed by atoms with E-state index in [1.54, 1.807) is 6.07 Å². The van der Waals surface area contributed by atoms with Crippen molar-refractivity contribution >= 4 is 57.1 Å². The average molecular weight is 586 g/mol. The van der Waals surface area contributed by atoms with Gasteiger partial charge in [0.1, 0.15) is 30.8 Å². The van der Waals surface area contributed by atoms with Crippen molar-refractivity contribution in [1.29, 1.82) is 0 Å². The molecule has 2 amide bonds. The van der Waals surface area contributed by atoms with Crippen molar-refractivity contribution in [3.63, 3.8) is 0 Å². The van der Waals surface area contributed by atoms with E-state index in [4.69, 9.17) is 15.9 Å². The largest absolute Gasteiger partial charge is 0.480 e. The zero-order valence-electron chi connectivity index (χ0n) is 21.8. The van der Waals surface area contributed by atoms with Crippen LogP contribution in [0.3, 0.4) is 0 Å². The van der Waals surface area contributed by atoms with Gasteiger partial charge in [-0.2, -0.15) is 0 Å². The molecule has 13 heteroatoms. The normalized spacial score (nSPS) is 21.6. The average Bonchev–Trinajstić information content (AvgIpc) is 2.96. The highest BCUT2D eigenvalue weighted by Gasteiger charge is 2.42. The maximum Gasteiger partial charge on any atom is 0.322 e. The lowest BCUT2D eigenvalue weighted by Crippen LogP contribution is -2.50. The lowest BCUT2D eigenvalue weighted by molar-refractivity contribution is -0.139. The summed E-state index contributed by atoms with van der Waals surface area (Å²) in [7, 11) is 0. The number of amides is 2. The number of rotatable bonds is 11. The number of carbonyl (C=O) groups is 4. The number of aliphatic hydroxyl groups excluding tert-OH is 3. The van der Waals surface area contributed by atoms with E-state index in [2.05, 4.69) is 10.6 Å². The Bertz CT molecular complexity index is 1480. The van der Waals surface area contributed by atoms with Crippen LogP contribution in [0.4, 0.5) is 0 Å². The Kier molecular flexibility index (Phi) is 9.46. The molecule has 1 aliphatic rings. The molecule has 0 aliphatic heterocycles. The molecule has 41 heavy (non-hydrogen) atoms. The third-order valence-corrected chi connectivity index (χ3v) is 8.50. The van der Waals surface area contributed by atoms with Gasteiger partial charge in [-0.3, -0.25) is 19.2 Å². The Hall–Kier alpha value is -3.75. The molecule has 3 aromatic carbocycles.